The SMILES string of the molecule is C=C[C@@H]1C=C[C@@H]2[C@H]3C[C@@H]([C@@H]12)[C@](C)(C(=O)OC)C3. The molecule has 0 heterocycles. The molecule has 3 aliphatic rings. The Bertz CT molecular complexity index is 398. The van der Waals surface area contributed by atoms with E-state index in [2.05, 4.69) is 25.7 Å². The van der Waals surface area contributed by atoms with Gasteiger partial charge in [0.05, 0.1) is 12.5 Å². The molecule has 0 spiro atoms. The summed E-state index contributed by atoms with van der Waals surface area (Å²) in [7, 11) is 1.51. The van der Waals surface area contributed by atoms with Crippen LogP contribution in [0, 0.1) is 35.0 Å². The molecule has 6 atom stereocenters. The number of ether oxygens (including phenoxy) is 1. The van der Waals surface area contributed by atoms with E-state index in [4.69, 9.17) is 4.74 Å². The molecular formula is C15H20O2. The Morgan fingerprint density at radius 2 is 2.29 bits per heavy atom. The van der Waals surface area contributed by atoms with Crippen molar-refractivity contribution in [1.82, 2.24) is 0 Å². The molecule has 92 valence electrons. The van der Waals surface area contributed by atoms with Crippen LogP contribution in [-0.4, -0.2) is 13.1 Å². The van der Waals surface area contributed by atoms with Gasteiger partial charge in [-0.25, -0.2) is 0 Å². The molecule has 2 heteroatoms. The second kappa shape index (κ2) is 3.47. The maximum Gasteiger partial charge on any atom is 0.311 e. The molecule has 3 rings (SSSR count). The van der Waals surface area contributed by atoms with Gasteiger partial charge in [-0.05, 0) is 49.4 Å². The fraction of sp³-hybridized carbons (Fsp3) is 0.667. The first kappa shape index (κ1) is 11.1. The van der Waals surface area contributed by atoms with Crippen molar-refractivity contribution in [3.63, 3.8) is 0 Å². The van der Waals surface area contributed by atoms with Gasteiger partial charge in [0.2, 0.25) is 0 Å². The van der Waals surface area contributed by atoms with Crippen molar-refractivity contribution in [2.45, 2.75) is 19.8 Å². The molecule has 2 nitrogen and oxygen atoms in total. The number of rotatable bonds is 2. The van der Waals surface area contributed by atoms with Crippen LogP contribution in [0.4, 0.5) is 0 Å². The van der Waals surface area contributed by atoms with Gasteiger partial charge < -0.3 is 4.74 Å². The van der Waals surface area contributed by atoms with Crippen molar-refractivity contribution < 1.29 is 9.53 Å². The van der Waals surface area contributed by atoms with Crippen LogP contribution >= 0.6 is 0 Å². The van der Waals surface area contributed by atoms with Crippen molar-refractivity contribution in [3.8, 4) is 0 Å². The van der Waals surface area contributed by atoms with Crippen LogP contribution in [0.3, 0.4) is 0 Å². The predicted octanol–water partition coefficient (Wildman–Crippen LogP) is 2.81. The van der Waals surface area contributed by atoms with E-state index in [1.165, 1.54) is 13.5 Å². The Morgan fingerprint density at radius 1 is 1.53 bits per heavy atom. The smallest absolute Gasteiger partial charge is 0.311 e. The quantitative estimate of drug-likeness (QED) is 0.540. The Kier molecular flexibility index (Phi) is 2.26. The van der Waals surface area contributed by atoms with Crippen LogP contribution in [0.2, 0.25) is 0 Å². The van der Waals surface area contributed by atoms with E-state index in [1.807, 2.05) is 6.08 Å². The highest BCUT2D eigenvalue weighted by atomic mass is 16.5. The van der Waals surface area contributed by atoms with Crippen molar-refractivity contribution in [3.05, 3.63) is 24.8 Å². The molecule has 0 amide bonds. The third kappa shape index (κ3) is 1.24. The summed E-state index contributed by atoms with van der Waals surface area (Å²) in [6.45, 7) is 6.03. The topological polar surface area (TPSA) is 26.3 Å². The maximum absolute atomic E-state index is 12.0. The standard InChI is InChI=1S/C15H20O2/c1-4-9-5-6-11-10-7-12(13(9)11)15(2,8-10)14(16)17-3/h4-6,9-13H,1,7-8H2,2-3H3/t9-,10+,11-,12+,13+,15-/m1/s1. The van der Waals surface area contributed by atoms with E-state index in [1.54, 1.807) is 0 Å². The Hall–Kier alpha value is -1.05. The molecule has 0 aromatic carbocycles. The van der Waals surface area contributed by atoms with Gasteiger partial charge in [-0.1, -0.05) is 18.2 Å². The lowest BCUT2D eigenvalue weighted by atomic mass is 9.64. The molecule has 0 radical (unpaired) electrons. The molecular weight excluding hydrogens is 212 g/mol. The molecule has 0 saturated heterocycles. The van der Waals surface area contributed by atoms with Crippen LogP contribution in [0.25, 0.3) is 0 Å². The molecule has 0 aromatic rings. The third-order valence-electron chi connectivity index (χ3n) is 5.44. The molecule has 0 aromatic heterocycles. The highest BCUT2D eigenvalue weighted by Gasteiger charge is 2.62. The highest BCUT2D eigenvalue weighted by molar-refractivity contribution is 5.77. The average molecular weight is 232 g/mol. The van der Waals surface area contributed by atoms with Gasteiger partial charge in [-0.3, -0.25) is 4.79 Å². The van der Waals surface area contributed by atoms with E-state index >= 15 is 0 Å². The third-order valence-corrected chi connectivity index (χ3v) is 5.44. The van der Waals surface area contributed by atoms with Crippen LogP contribution in [0.5, 0.6) is 0 Å². The van der Waals surface area contributed by atoms with Gasteiger partial charge in [0, 0.05) is 0 Å². The maximum atomic E-state index is 12.0. The second-order valence-electron chi connectivity index (χ2n) is 6.07. The molecule has 2 fully saturated rings. The van der Waals surface area contributed by atoms with Gasteiger partial charge in [-0.15, -0.1) is 6.58 Å². The van der Waals surface area contributed by atoms with E-state index in [9.17, 15) is 4.79 Å². The number of fused-ring (bicyclic) bond motifs is 5. The predicted molar refractivity (Wildman–Crippen MR) is 66.1 cm³/mol. The molecule has 3 aliphatic carbocycles. The number of allylic oxidation sites excluding steroid dienone is 3. The highest BCUT2D eigenvalue weighted by Crippen LogP contribution is 2.65. The molecule has 0 N–H and O–H groups in total. The summed E-state index contributed by atoms with van der Waals surface area (Å²) in [6, 6.07) is 0. The number of methoxy groups -OCH3 is 1. The molecule has 0 aliphatic heterocycles. The molecule has 17 heavy (non-hydrogen) atoms. The lowest BCUT2D eigenvalue weighted by Gasteiger charge is -2.39. The summed E-state index contributed by atoms with van der Waals surface area (Å²) in [4.78, 5) is 12.0. The number of esters is 1. The molecule has 0 unspecified atom stereocenters. The van der Waals surface area contributed by atoms with Crippen LogP contribution in [-0.2, 0) is 9.53 Å². The zero-order valence-electron chi connectivity index (χ0n) is 10.6. The van der Waals surface area contributed by atoms with E-state index in [0.29, 0.717) is 29.6 Å². The van der Waals surface area contributed by atoms with Crippen molar-refractivity contribution in [2.75, 3.05) is 7.11 Å². The number of hydrogen-bond donors (Lipinski definition) is 0. The summed E-state index contributed by atoms with van der Waals surface area (Å²) in [6.07, 6.45) is 8.87. The van der Waals surface area contributed by atoms with Gasteiger partial charge in [0.15, 0.2) is 0 Å². The number of carbonyl (C=O) groups excluding carboxylic acids is 1. The lowest BCUT2D eigenvalue weighted by molar-refractivity contribution is -0.157. The van der Waals surface area contributed by atoms with Crippen molar-refractivity contribution in [1.29, 1.82) is 0 Å². The first-order chi connectivity index (χ1) is 8.11. The largest absolute Gasteiger partial charge is 0.469 e. The van der Waals surface area contributed by atoms with Gasteiger partial charge >= 0.3 is 5.97 Å². The lowest BCUT2D eigenvalue weighted by Crippen LogP contribution is -2.41. The second-order valence-corrected chi connectivity index (χ2v) is 6.07. The Labute approximate surface area is 103 Å². The monoisotopic (exact) mass is 232 g/mol. The van der Waals surface area contributed by atoms with E-state index < -0.39 is 0 Å². The Morgan fingerprint density at radius 3 is 2.94 bits per heavy atom. The minimum Gasteiger partial charge on any atom is -0.469 e. The minimum absolute atomic E-state index is 0.0156. The summed E-state index contributed by atoms with van der Waals surface area (Å²) in [5, 5.41) is 0. The zero-order valence-corrected chi connectivity index (χ0v) is 10.6. The average Bonchev–Trinajstić information content (AvgIpc) is 2.96. The van der Waals surface area contributed by atoms with Crippen LogP contribution in [0.15, 0.2) is 24.8 Å². The summed E-state index contributed by atoms with van der Waals surface area (Å²) < 4.78 is 5.02. The summed E-state index contributed by atoms with van der Waals surface area (Å²) >= 11 is 0. The summed E-state index contributed by atoms with van der Waals surface area (Å²) in [5.41, 5.74) is -0.256. The number of carbonyl (C=O) groups is 1. The van der Waals surface area contributed by atoms with Crippen LogP contribution < -0.4 is 0 Å². The zero-order chi connectivity index (χ0) is 12.2. The fourth-order valence-electron chi connectivity index (χ4n) is 4.72. The van der Waals surface area contributed by atoms with Gasteiger partial charge in [-0.2, -0.15) is 0 Å². The normalized spacial score (nSPS) is 50.4. The fourth-order valence-corrected chi connectivity index (χ4v) is 4.72. The van der Waals surface area contributed by atoms with Crippen molar-refractivity contribution >= 4 is 5.97 Å². The van der Waals surface area contributed by atoms with E-state index in [0.717, 1.165) is 6.42 Å². The van der Waals surface area contributed by atoms with Gasteiger partial charge in [0.1, 0.15) is 0 Å². The molecule has 2 saturated carbocycles. The number of hydrogen-bond acceptors (Lipinski definition) is 2. The van der Waals surface area contributed by atoms with Crippen LogP contribution in [0.1, 0.15) is 19.8 Å². The first-order valence-electron chi connectivity index (χ1n) is 6.51. The van der Waals surface area contributed by atoms with E-state index in [-0.39, 0.29) is 11.4 Å². The first-order valence-corrected chi connectivity index (χ1v) is 6.51. The molecule has 2 bridgehead atoms. The van der Waals surface area contributed by atoms with Gasteiger partial charge in [0.25, 0.3) is 0 Å². The van der Waals surface area contributed by atoms with Crippen molar-refractivity contribution in [2.24, 2.45) is 35.0 Å². The Balaban J connectivity index is 1.93. The summed E-state index contributed by atoms with van der Waals surface area (Å²) in [5.74, 6) is 2.87. The minimum atomic E-state index is -0.256.